The van der Waals surface area contributed by atoms with Crippen molar-refractivity contribution < 1.29 is 44.3 Å². The molecule has 0 fully saturated rings. The van der Waals surface area contributed by atoms with Crippen LogP contribution in [0.2, 0.25) is 0 Å². The third-order valence-corrected chi connectivity index (χ3v) is 1.99. The third kappa shape index (κ3) is 38.3. The van der Waals surface area contributed by atoms with Crippen molar-refractivity contribution in [3.8, 4) is 0 Å². The average Bonchev–Trinajstić information content (AvgIpc) is 2.48. The Hall–Kier alpha value is -0.970. The number of rotatable bonds is 7. The molecule has 0 aromatic heterocycles. The normalized spacial score (nSPS) is 12.3. The standard InChI is InChI=1S/C8H16O5.C8H18O2.C4H10O2/c1-4-5-6-11-13-8(2,3)12-7(9)10;1-7(2,3)9-10-8(4,5)6;1-4(2,3)6-5/h4-6H2,1-3H3,(H,9,10);1-6H3;5H,1-3H3. The van der Waals surface area contributed by atoms with Crippen molar-refractivity contribution in [3.63, 3.8) is 0 Å². The second kappa shape index (κ2) is 14.9. The fraction of sp³-hybridized carbons (Fsp3) is 0.950. The van der Waals surface area contributed by atoms with Crippen LogP contribution in [0.3, 0.4) is 0 Å². The Kier molecular flexibility index (Phi) is 16.8. The van der Waals surface area contributed by atoms with Crippen molar-refractivity contribution in [1.82, 2.24) is 0 Å². The van der Waals surface area contributed by atoms with Gasteiger partial charge in [0.1, 0.15) is 0 Å². The molecule has 178 valence electrons. The van der Waals surface area contributed by atoms with E-state index in [0.29, 0.717) is 6.61 Å². The predicted octanol–water partition coefficient (Wildman–Crippen LogP) is 5.97. The molecule has 0 aromatic carbocycles. The van der Waals surface area contributed by atoms with Crippen molar-refractivity contribution in [2.45, 2.75) is 119 Å². The topological polar surface area (TPSA) is 113 Å². The second-order valence-corrected chi connectivity index (χ2v) is 9.62. The van der Waals surface area contributed by atoms with E-state index < -0.39 is 17.5 Å². The smallest absolute Gasteiger partial charge is 0.450 e. The van der Waals surface area contributed by atoms with Crippen molar-refractivity contribution >= 4 is 6.16 Å². The molecule has 0 spiro atoms. The van der Waals surface area contributed by atoms with E-state index in [9.17, 15) is 4.79 Å². The van der Waals surface area contributed by atoms with Gasteiger partial charge in [-0.2, -0.15) is 4.89 Å². The summed E-state index contributed by atoms with van der Waals surface area (Å²) in [4.78, 5) is 33.8. The van der Waals surface area contributed by atoms with Gasteiger partial charge in [-0.15, -0.1) is 0 Å². The molecule has 9 nitrogen and oxygen atoms in total. The zero-order valence-electron chi connectivity index (χ0n) is 20.4. The van der Waals surface area contributed by atoms with Gasteiger partial charge in [-0.05, 0) is 68.7 Å². The van der Waals surface area contributed by atoms with Crippen LogP contribution >= 0.6 is 0 Å². The maximum atomic E-state index is 10.1. The fourth-order valence-electron chi connectivity index (χ4n) is 0.864. The van der Waals surface area contributed by atoms with Crippen molar-refractivity contribution in [2.75, 3.05) is 6.61 Å². The van der Waals surface area contributed by atoms with Gasteiger partial charge in [0.2, 0.25) is 5.79 Å². The van der Waals surface area contributed by atoms with Crippen LogP contribution < -0.4 is 0 Å². The highest BCUT2D eigenvalue weighted by Gasteiger charge is 2.24. The Balaban J connectivity index is -0.000000375. The molecule has 0 rings (SSSR count). The molecule has 9 heteroatoms. The van der Waals surface area contributed by atoms with Crippen LogP contribution in [0.15, 0.2) is 0 Å². The highest BCUT2D eigenvalue weighted by molar-refractivity contribution is 5.57. The van der Waals surface area contributed by atoms with Gasteiger partial charge < -0.3 is 9.84 Å². The highest BCUT2D eigenvalue weighted by atomic mass is 17.2. The lowest BCUT2D eigenvalue weighted by Crippen LogP contribution is -2.31. The van der Waals surface area contributed by atoms with Crippen LogP contribution in [-0.2, 0) is 29.2 Å². The molecular formula is C20H44O9. The van der Waals surface area contributed by atoms with Gasteiger partial charge in [0.15, 0.2) is 0 Å². The van der Waals surface area contributed by atoms with E-state index in [1.807, 2.05) is 48.5 Å². The summed E-state index contributed by atoms with van der Waals surface area (Å²) in [5, 5.41) is 16.2. The van der Waals surface area contributed by atoms with Gasteiger partial charge in [-0.3, -0.25) is 5.26 Å². The summed E-state index contributed by atoms with van der Waals surface area (Å²) in [5.41, 5.74) is -0.833. The van der Waals surface area contributed by atoms with Gasteiger partial charge in [0.25, 0.3) is 0 Å². The number of carbonyl (C=O) groups is 1. The minimum absolute atomic E-state index is 0.215. The summed E-state index contributed by atoms with van der Waals surface area (Å²) < 4.78 is 4.39. The van der Waals surface area contributed by atoms with Gasteiger partial charge in [0.05, 0.1) is 23.4 Å². The summed E-state index contributed by atoms with van der Waals surface area (Å²) >= 11 is 0. The molecule has 0 saturated heterocycles. The number of ether oxygens (including phenoxy) is 1. The second-order valence-electron chi connectivity index (χ2n) is 9.62. The predicted molar refractivity (Wildman–Crippen MR) is 110 cm³/mol. The van der Waals surface area contributed by atoms with E-state index in [1.54, 1.807) is 20.8 Å². The Bertz CT molecular complexity index is 388. The maximum absolute atomic E-state index is 10.1. The lowest BCUT2D eigenvalue weighted by atomic mass is 10.2. The van der Waals surface area contributed by atoms with Gasteiger partial charge in [0, 0.05) is 13.8 Å². The minimum Gasteiger partial charge on any atom is -0.450 e. The van der Waals surface area contributed by atoms with E-state index in [0.717, 1.165) is 12.8 Å². The Morgan fingerprint density at radius 3 is 1.38 bits per heavy atom. The van der Waals surface area contributed by atoms with Gasteiger partial charge >= 0.3 is 6.16 Å². The summed E-state index contributed by atoms with van der Waals surface area (Å²) in [6.45, 7) is 22.4. The molecule has 0 aliphatic carbocycles. The van der Waals surface area contributed by atoms with E-state index in [-0.39, 0.29) is 11.2 Å². The number of hydrogen-bond acceptors (Lipinski definition) is 8. The molecule has 0 unspecified atom stereocenters. The first-order chi connectivity index (χ1) is 12.7. The van der Waals surface area contributed by atoms with Gasteiger partial charge in [-0.25, -0.2) is 24.3 Å². The zero-order valence-corrected chi connectivity index (χ0v) is 20.4. The monoisotopic (exact) mass is 428 g/mol. The van der Waals surface area contributed by atoms with E-state index in [1.165, 1.54) is 13.8 Å². The van der Waals surface area contributed by atoms with Gasteiger partial charge in [-0.1, -0.05) is 13.3 Å². The highest BCUT2D eigenvalue weighted by Crippen LogP contribution is 2.14. The van der Waals surface area contributed by atoms with Crippen LogP contribution in [-0.4, -0.2) is 45.7 Å². The van der Waals surface area contributed by atoms with Crippen molar-refractivity contribution in [2.24, 2.45) is 0 Å². The molecule has 0 amide bonds. The van der Waals surface area contributed by atoms with Crippen molar-refractivity contribution in [3.05, 3.63) is 0 Å². The SMILES string of the molecule is CC(C)(C)OO.CC(C)(C)OOC(C)(C)C.CCCCOOC(C)(C)OC(=O)O. The molecule has 2 N–H and O–H groups in total. The number of hydrogen-bond donors (Lipinski definition) is 2. The van der Waals surface area contributed by atoms with Crippen LogP contribution in [0, 0.1) is 0 Å². The first-order valence-corrected chi connectivity index (χ1v) is 9.66. The van der Waals surface area contributed by atoms with E-state index >= 15 is 0 Å². The Morgan fingerprint density at radius 1 is 0.759 bits per heavy atom. The summed E-state index contributed by atoms with van der Waals surface area (Å²) in [5.74, 6) is -1.25. The van der Waals surface area contributed by atoms with E-state index in [4.69, 9.17) is 29.9 Å². The molecule has 0 aliphatic rings. The average molecular weight is 429 g/mol. The molecule has 0 aromatic rings. The first-order valence-electron chi connectivity index (χ1n) is 9.66. The summed E-state index contributed by atoms with van der Waals surface area (Å²) in [7, 11) is 0. The third-order valence-electron chi connectivity index (χ3n) is 1.99. The Morgan fingerprint density at radius 2 is 1.14 bits per heavy atom. The molecule has 0 saturated carbocycles. The van der Waals surface area contributed by atoms with Crippen LogP contribution in [0.5, 0.6) is 0 Å². The fourth-order valence-corrected chi connectivity index (χ4v) is 0.864. The quantitative estimate of drug-likeness (QED) is 0.166. The maximum Gasteiger partial charge on any atom is 0.508 e. The first kappa shape index (κ1) is 32.7. The largest absolute Gasteiger partial charge is 0.508 e. The van der Waals surface area contributed by atoms with Crippen LogP contribution in [0.1, 0.15) is 95.9 Å². The minimum atomic E-state index is -1.39. The number of carboxylic acid groups (broad SMARTS) is 1. The molecular weight excluding hydrogens is 384 g/mol. The Labute approximate surface area is 176 Å². The number of unbranched alkanes of at least 4 members (excludes halogenated alkanes) is 1. The zero-order chi connectivity index (χ0) is 23.9. The van der Waals surface area contributed by atoms with Crippen LogP contribution in [0.4, 0.5) is 4.79 Å². The molecule has 0 heterocycles. The van der Waals surface area contributed by atoms with Crippen molar-refractivity contribution in [1.29, 1.82) is 0 Å². The van der Waals surface area contributed by atoms with E-state index in [2.05, 4.69) is 9.62 Å². The molecule has 29 heavy (non-hydrogen) atoms. The van der Waals surface area contributed by atoms with Crippen LogP contribution in [0.25, 0.3) is 0 Å². The molecule has 0 radical (unpaired) electrons. The lowest BCUT2D eigenvalue weighted by Gasteiger charge is -2.24. The molecule has 0 bridgehead atoms. The lowest BCUT2D eigenvalue weighted by molar-refractivity contribution is -0.406. The molecule has 0 aliphatic heterocycles. The summed E-state index contributed by atoms with van der Waals surface area (Å²) in [6.07, 6.45) is 0.469. The summed E-state index contributed by atoms with van der Waals surface area (Å²) in [6, 6.07) is 0. The molecule has 0 atom stereocenters.